The molecule has 24 heavy (non-hydrogen) atoms. The van der Waals surface area contributed by atoms with Crippen LogP contribution < -0.4 is 10.2 Å². The van der Waals surface area contributed by atoms with Gasteiger partial charge in [-0.3, -0.25) is 0 Å². The van der Waals surface area contributed by atoms with Gasteiger partial charge in [-0.25, -0.2) is 4.79 Å². The van der Waals surface area contributed by atoms with Gasteiger partial charge in [0.2, 0.25) is 0 Å². The second kappa shape index (κ2) is 7.88. The number of morpholine rings is 1. The highest BCUT2D eigenvalue weighted by atomic mass is 16.5. The molecule has 2 saturated heterocycles. The second-order valence-corrected chi connectivity index (χ2v) is 7.28. The molecule has 2 heterocycles. The van der Waals surface area contributed by atoms with Crippen LogP contribution >= 0.6 is 0 Å². The number of carbonyl (C=O) groups excluding carboxylic acids is 1. The number of benzene rings is 1. The number of nitrogens with zero attached hydrogens (tertiary/aromatic N) is 2. The monoisotopic (exact) mass is 331 g/mol. The first-order chi connectivity index (χ1) is 11.6. The molecular weight excluding hydrogens is 302 g/mol. The number of anilines is 1. The number of amides is 2. The lowest BCUT2D eigenvalue weighted by Gasteiger charge is -2.35. The van der Waals surface area contributed by atoms with Crippen molar-refractivity contribution in [3.05, 3.63) is 29.8 Å². The van der Waals surface area contributed by atoms with Crippen molar-refractivity contribution in [2.45, 2.75) is 26.8 Å². The third-order valence-electron chi connectivity index (χ3n) is 4.91. The van der Waals surface area contributed by atoms with Crippen LogP contribution in [0.4, 0.5) is 10.5 Å². The lowest BCUT2D eigenvalue weighted by molar-refractivity contribution is 0.122. The number of likely N-dealkylation sites (tertiary alicyclic amines) is 1. The van der Waals surface area contributed by atoms with Crippen molar-refractivity contribution < 1.29 is 9.53 Å². The number of hydrogen-bond donors (Lipinski definition) is 1. The molecule has 3 rings (SSSR count). The van der Waals surface area contributed by atoms with Crippen LogP contribution in [-0.2, 0) is 11.3 Å². The van der Waals surface area contributed by atoms with Gasteiger partial charge in [0.05, 0.1) is 13.2 Å². The maximum absolute atomic E-state index is 12.4. The SMILES string of the molecule is CC1CC(C)CN(C(=O)NCc2ccc(N3CCOCC3)cc2)C1. The van der Waals surface area contributed by atoms with E-state index in [1.54, 1.807) is 0 Å². The highest BCUT2D eigenvalue weighted by molar-refractivity contribution is 5.74. The van der Waals surface area contributed by atoms with E-state index in [0.29, 0.717) is 18.4 Å². The van der Waals surface area contributed by atoms with Crippen molar-refractivity contribution in [1.29, 1.82) is 0 Å². The number of carbonyl (C=O) groups is 1. The van der Waals surface area contributed by atoms with Gasteiger partial charge in [0.15, 0.2) is 0 Å². The number of rotatable bonds is 3. The molecule has 1 N–H and O–H groups in total. The third kappa shape index (κ3) is 4.41. The molecule has 0 saturated carbocycles. The average Bonchev–Trinajstić information content (AvgIpc) is 2.60. The van der Waals surface area contributed by atoms with E-state index in [-0.39, 0.29) is 6.03 Å². The summed E-state index contributed by atoms with van der Waals surface area (Å²) in [4.78, 5) is 16.7. The summed E-state index contributed by atoms with van der Waals surface area (Å²) in [6.45, 7) is 10.2. The predicted molar refractivity (Wildman–Crippen MR) is 96.2 cm³/mol. The molecule has 2 unspecified atom stereocenters. The quantitative estimate of drug-likeness (QED) is 0.926. The zero-order valence-corrected chi connectivity index (χ0v) is 14.8. The van der Waals surface area contributed by atoms with Crippen molar-refractivity contribution in [1.82, 2.24) is 10.2 Å². The van der Waals surface area contributed by atoms with E-state index in [2.05, 4.69) is 48.3 Å². The van der Waals surface area contributed by atoms with Gasteiger partial charge >= 0.3 is 6.03 Å². The highest BCUT2D eigenvalue weighted by Gasteiger charge is 2.25. The Labute approximate surface area is 145 Å². The highest BCUT2D eigenvalue weighted by Crippen LogP contribution is 2.21. The summed E-state index contributed by atoms with van der Waals surface area (Å²) in [7, 11) is 0. The van der Waals surface area contributed by atoms with Gasteiger partial charge < -0.3 is 19.9 Å². The zero-order chi connectivity index (χ0) is 16.9. The fourth-order valence-electron chi connectivity index (χ4n) is 3.76. The first kappa shape index (κ1) is 17.1. The molecule has 1 aromatic carbocycles. The molecule has 132 valence electrons. The van der Waals surface area contributed by atoms with E-state index in [1.807, 2.05) is 4.90 Å². The van der Waals surface area contributed by atoms with Crippen molar-refractivity contribution >= 4 is 11.7 Å². The molecule has 2 atom stereocenters. The Bertz CT molecular complexity index is 530. The van der Waals surface area contributed by atoms with Crippen molar-refractivity contribution in [2.24, 2.45) is 11.8 Å². The number of hydrogen-bond acceptors (Lipinski definition) is 3. The zero-order valence-electron chi connectivity index (χ0n) is 14.8. The summed E-state index contributed by atoms with van der Waals surface area (Å²) >= 11 is 0. The Morgan fingerprint density at radius 1 is 1.12 bits per heavy atom. The van der Waals surface area contributed by atoms with Gasteiger partial charge in [-0.1, -0.05) is 26.0 Å². The molecule has 0 spiro atoms. The number of nitrogens with one attached hydrogen (secondary N) is 1. The van der Waals surface area contributed by atoms with Crippen LogP contribution in [0, 0.1) is 11.8 Å². The number of urea groups is 1. The maximum atomic E-state index is 12.4. The average molecular weight is 331 g/mol. The Morgan fingerprint density at radius 2 is 1.75 bits per heavy atom. The molecule has 5 heteroatoms. The van der Waals surface area contributed by atoms with Crippen molar-refractivity contribution in [3.63, 3.8) is 0 Å². The molecule has 2 fully saturated rings. The van der Waals surface area contributed by atoms with Gasteiger partial charge in [-0.15, -0.1) is 0 Å². The minimum atomic E-state index is 0.0608. The maximum Gasteiger partial charge on any atom is 0.317 e. The van der Waals surface area contributed by atoms with Gasteiger partial charge in [-0.05, 0) is 36.0 Å². The molecule has 2 aliphatic heterocycles. The Morgan fingerprint density at radius 3 is 2.38 bits per heavy atom. The molecule has 1 aromatic rings. The van der Waals surface area contributed by atoms with Crippen LogP contribution in [-0.4, -0.2) is 50.3 Å². The number of ether oxygens (including phenoxy) is 1. The lowest BCUT2D eigenvalue weighted by atomic mass is 9.92. The largest absolute Gasteiger partial charge is 0.378 e. The van der Waals surface area contributed by atoms with Crippen LogP contribution in [0.25, 0.3) is 0 Å². The molecule has 0 radical (unpaired) electrons. The van der Waals surface area contributed by atoms with Crippen LogP contribution in [0.5, 0.6) is 0 Å². The predicted octanol–water partition coefficient (Wildman–Crippen LogP) is 2.71. The van der Waals surface area contributed by atoms with E-state index in [9.17, 15) is 4.79 Å². The van der Waals surface area contributed by atoms with E-state index in [4.69, 9.17) is 4.74 Å². The lowest BCUT2D eigenvalue weighted by Crippen LogP contribution is -2.47. The molecular formula is C19H29N3O2. The molecule has 0 aromatic heterocycles. The van der Waals surface area contributed by atoms with Crippen LogP contribution in [0.1, 0.15) is 25.8 Å². The minimum Gasteiger partial charge on any atom is -0.378 e. The van der Waals surface area contributed by atoms with E-state index < -0.39 is 0 Å². The Kier molecular flexibility index (Phi) is 5.61. The normalized spacial score (nSPS) is 24.8. The van der Waals surface area contributed by atoms with Crippen molar-refractivity contribution in [2.75, 3.05) is 44.3 Å². The van der Waals surface area contributed by atoms with E-state index >= 15 is 0 Å². The van der Waals surface area contributed by atoms with Crippen LogP contribution in [0.2, 0.25) is 0 Å². The van der Waals surface area contributed by atoms with Gasteiger partial charge in [0.1, 0.15) is 0 Å². The first-order valence-electron chi connectivity index (χ1n) is 9.06. The molecule has 0 aliphatic carbocycles. The summed E-state index contributed by atoms with van der Waals surface area (Å²) in [6, 6.07) is 8.54. The van der Waals surface area contributed by atoms with E-state index in [0.717, 1.165) is 45.0 Å². The summed E-state index contributed by atoms with van der Waals surface area (Å²) in [6.07, 6.45) is 1.22. The topological polar surface area (TPSA) is 44.8 Å². The second-order valence-electron chi connectivity index (χ2n) is 7.28. The molecule has 2 aliphatic rings. The van der Waals surface area contributed by atoms with Gasteiger partial charge in [0.25, 0.3) is 0 Å². The Hall–Kier alpha value is -1.75. The van der Waals surface area contributed by atoms with Crippen molar-refractivity contribution in [3.8, 4) is 0 Å². The summed E-state index contributed by atoms with van der Waals surface area (Å²) in [5.74, 6) is 1.18. The third-order valence-corrected chi connectivity index (χ3v) is 4.91. The summed E-state index contributed by atoms with van der Waals surface area (Å²) < 4.78 is 5.39. The number of piperidine rings is 1. The molecule has 5 nitrogen and oxygen atoms in total. The first-order valence-corrected chi connectivity index (χ1v) is 9.06. The van der Waals surface area contributed by atoms with Gasteiger partial charge in [-0.2, -0.15) is 0 Å². The Balaban J connectivity index is 1.50. The molecule has 0 bridgehead atoms. The van der Waals surface area contributed by atoms with Crippen LogP contribution in [0.3, 0.4) is 0 Å². The minimum absolute atomic E-state index is 0.0608. The van der Waals surface area contributed by atoms with E-state index in [1.165, 1.54) is 12.1 Å². The smallest absolute Gasteiger partial charge is 0.317 e. The summed E-state index contributed by atoms with van der Waals surface area (Å²) in [5.41, 5.74) is 2.37. The fourth-order valence-corrected chi connectivity index (χ4v) is 3.76. The fraction of sp³-hybridized carbons (Fsp3) is 0.632. The standard InChI is InChI=1S/C19H29N3O2/c1-15-11-16(2)14-22(13-15)19(23)20-12-17-3-5-18(6-4-17)21-7-9-24-10-8-21/h3-6,15-16H,7-14H2,1-2H3,(H,20,23). The summed E-state index contributed by atoms with van der Waals surface area (Å²) in [5, 5.41) is 3.06. The van der Waals surface area contributed by atoms with Gasteiger partial charge in [0, 0.05) is 38.4 Å². The molecule has 2 amide bonds. The van der Waals surface area contributed by atoms with Crippen LogP contribution in [0.15, 0.2) is 24.3 Å².